The van der Waals surface area contributed by atoms with Gasteiger partial charge in [-0.05, 0) is 69.5 Å². The summed E-state index contributed by atoms with van der Waals surface area (Å²) < 4.78 is 0.682. The number of oxime groups is 1. The number of nitrogens with zero attached hydrogens (tertiary/aromatic N) is 3. The van der Waals surface area contributed by atoms with Gasteiger partial charge in [0.15, 0.2) is 4.77 Å². The van der Waals surface area contributed by atoms with Crippen LogP contribution >= 0.6 is 12.2 Å². The molecular weight excluding hydrogens is 454 g/mol. The summed E-state index contributed by atoms with van der Waals surface area (Å²) in [5.41, 5.74) is 6.26. The highest BCUT2D eigenvalue weighted by atomic mass is 32.1. The maximum atomic E-state index is 5.22. The SMILES string of the molecule is CO/N=C(/c1ccc(N(C)C)cc1)C(C)(Cc1ccccc1)N(C)C.S=c1[nH]c2ccccc2[nH]1. The zero-order valence-corrected chi connectivity index (χ0v) is 22.2. The van der Waals surface area contributed by atoms with Crippen LogP contribution in [0.15, 0.2) is 84.0 Å². The van der Waals surface area contributed by atoms with Crippen molar-refractivity contribution in [1.82, 2.24) is 14.9 Å². The van der Waals surface area contributed by atoms with Gasteiger partial charge in [0.1, 0.15) is 12.8 Å². The van der Waals surface area contributed by atoms with E-state index in [4.69, 9.17) is 17.1 Å². The lowest BCUT2D eigenvalue weighted by Crippen LogP contribution is -2.50. The molecule has 0 fully saturated rings. The first kappa shape index (κ1) is 26.2. The number of aromatic amines is 2. The summed E-state index contributed by atoms with van der Waals surface area (Å²) >= 11 is 4.90. The summed E-state index contributed by atoms with van der Waals surface area (Å²) in [6, 6.07) is 26.9. The Morgan fingerprint density at radius 3 is 1.89 bits per heavy atom. The van der Waals surface area contributed by atoms with Gasteiger partial charge in [0.25, 0.3) is 0 Å². The van der Waals surface area contributed by atoms with Crippen molar-refractivity contribution in [2.24, 2.45) is 5.16 Å². The maximum absolute atomic E-state index is 5.22. The minimum atomic E-state index is -0.295. The first-order valence-corrected chi connectivity index (χ1v) is 11.9. The second-order valence-electron chi connectivity index (χ2n) is 9.02. The number of H-pyrrole nitrogens is 2. The average Bonchev–Trinajstić information content (AvgIpc) is 3.23. The van der Waals surface area contributed by atoms with E-state index in [1.54, 1.807) is 7.11 Å². The number of likely N-dealkylation sites (N-methyl/N-ethyl adjacent to an activating group) is 1. The van der Waals surface area contributed by atoms with E-state index in [1.807, 2.05) is 44.4 Å². The smallest absolute Gasteiger partial charge is 0.175 e. The summed E-state index contributed by atoms with van der Waals surface area (Å²) in [7, 11) is 9.86. The lowest BCUT2D eigenvalue weighted by Gasteiger charge is -2.37. The predicted molar refractivity (Wildman–Crippen MR) is 150 cm³/mol. The molecule has 35 heavy (non-hydrogen) atoms. The zero-order valence-electron chi connectivity index (χ0n) is 21.4. The van der Waals surface area contributed by atoms with Crippen molar-refractivity contribution in [3.8, 4) is 0 Å². The molecule has 0 aliphatic heterocycles. The van der Waals surface area contributed by atoms with Gasteiger partial charge in [-0.2, -0.15) is 0 Å². The maximum Gasteiger partial charge on any atom is 0.175 e. The van der Waals surface area contributed by atoms with Crippen LogP contribution in [-0.2, 0) is 11.3 Å². The number of imidazole rings is 1. The molecule has 4 rings (SSSR count). The first-order chi connectivity index (χ1) is 16.7. The molecule has 0 amide bonds. The molecule has 2 N–H and O–H groups in total. The van der Waals surface area contributed by atoms with E-state index in [-0.39, 0.29) is 5.54 Å². The van der Waals surface area contributed by atoms with Crippen LogP contribution in [0.5, 0.6) is 0 Å². The molecule has 0 aliphatic carbocycles. The van der Waals surface area contributed by atoms with Crippen molar-refractivity contribution in [2.75, 3.05) is 40.2 Å². The fourth-order valence-corrected chi connectivity index (χ4v) is 4.11. The van der Waals surface area contributed by atoms with Crippen LogP contribution in [0, 0.1) is 4.77 Å². The van der Waals surface area contributed by atoms with Crippen LogP contribution in [0.2, 0.25) is 0 Å². The van der Waals surface area contributed by atoms with Gasteiger partial charge in [-0.1, -0.05) is 59.8 Å². The average molecular weight is 490 g/mol. The third-order valence-electron chi connectivity index (χ3n) is 6.15. The van der Waals surface area contributed by atoms with Gasteiger partial charge in [-0.3, -0.25) is 4.90 Å². The molecule has 1 unspecified atom stereocenters. The fraction of sp³-hybridized carbons (Fsp3) is 0.286. The molecule has 7 heteroatoms. The fourth-order valence-electron chi connectivity index (χ4n) is 3.89. The molecule has 0 spiro atoms. The topological polar surface area (TPSA) is 59.6 Å². The lowest BCUT2D eigenvalue weighted by atomic mass is 9.83. The molecule has 1 aromatic heterocycles. The molecule has 0 radical (unpaired) electrons. The standard InChI is InChI=1S/C21H29N3O.C7H6N2S/c1-21(24(4)5,16-17-10-8-7-9-11-17)20(22-25-6)18-12-14-19(15-13-18)23(2)3;10-7-8-5-3-1-2-4-6(5)9-7/h7-15H,16H2,1-6H3;1-4H,(H2,8,9,10)/b22-20-;. The Hall–Kier alpha value is -3.42. The first-order valence-electron chi connectivity index (χ1n) is 11.5. The van der Waals surface area contributed by atoms with Crippen LogP contribution in [-0.4, -0.2) is 61.4 Å². The molecule has 0 bridgehead atoms. The Balaban J connectivity index is 0.000000281. The molecule has 0 aliphatic rings. The molecule has 3 aromatic carbocycles. The van der Waals surface area contributed by atoms with Gasteiger partial charge in [0, 0.05) is 25.3 Å². The molecule has 4 aromatic rings. The monoisotopic (exact) mass is 489 g/mol. The number of fused-ring (bicyclic) bond motifs is 1. The van der Waals surface area contributed by atoms with Crippen molar-refractivity contribution in [3.05, 3.63) is 94.8 Å². The minimum Gasteiger partial charge on any atom is -0.399 e. The Labute approximate surface area is 213 Å². The number of anilines is 1. The molecule has 1 heterocycles. The zero-order chi connectivity index (χ0) is 25.4. The number of rotatable bonds is 7. The van der Waals surface area contributed by atoms with Crippen molar-refractivity contribution in [3.63, 3.8) is 0 Å². The van der Waals surface area contributed by atoms with Crippen molar-refractivity contribution < 1.29 is 4.84 Å². The third kappa shape index (κ3) is 6.59. The van der Waals surface area contributed by atoms with E-state index >= 15 is 0 Å². The van der Waals surface area contributed by atoms with Gasteiger partial charge in [-0.25, -0.2) is 0 Å². The van der Waals surface area contributed by atoms with Crippen LogP contribution in [0.3, 0.4) is 0 Å². The van der Waals surface area contributed by atoms with Gasteiger partial charge in [0.2, 0.25) is 0 Å². The molecule has 1 atom stereocenters. The molecule has 0 saturated carbocycles. The highest BCUT2D eigenvalue weighted by molar-refractivity contribution is 7.71. The van der Waals surface area contributed by atoms with Crippen LogP contribution in [0.1, 0.15) is 18.1 Å². The number of aromatic nitrogens is 2. The second-order valence-corrected chi connectivity index (χ2v) is 9.43. The summed E-state index contributed by atoms with van der Waals surface area (Å²) in [4.78, 5) is 15.6. The Morgan fingerprint density at radius 2 is 1.40 bits per heavy atom. The second kappa shape index (κ2) is 11.8. The predicted octanol–water partition coefficient (Wildman–Crippen LogP) is 5.89. The molecule has 6 nitrogen and oxygen atoms in total. The number of hydrogen-bond donors (Lipinski definition) is 2. The van der Waals surface area contributed by atoms with Crippen LogP contribution in [0.25, 0.3) is 11.0 Å². The third-order valence-corrected chi connectivity index (χ3v) is 6.36. The van der Waals surface area contributed by atoms with E-state index in [1.165, 1.54) is 5.56 Å². The van der Waals surface area contributed by atoms with Crippen LogP contribution in [0.4, 0.5) is 5.69 Å². The quantitative estimate of drug-likeness (QED) is 0.193. The molecule has 184 valence electrons. The Kier molecular flexibility index (Phi) is 8.84. The van der Waals surface area contributed by atoms with Crippen molar-refractivity contribution >= 4 is 34.7 Å². The van der Waals surface area contributed by atoms with E-state index in [0.29, 0.717) is 4.77 Å². The van der Waals surface area contributed by atoms with E-state index in [9.17, 15) is 0 Å². The van der Waals surface area contributed by atoms with Gasteiger partial charge < -0.3 is 19.7 Å². The van der Waals surface area contributed by atoms with E-state index in [2.05, 4.69) is 94.5 Å². The number of benzene rings is 3. The van der Waals surface area contributed by atoms with E-state index < -0.39 is 0 Å². The Morgan fingerprint density at radius 1 is 0.857 bits per heavy atom. The minimum absolute atomic E-state index is 0.295. The van der Waals surface area contributed by atoms with Gasteiger partial charge in [-0.15, -0.1) is 0 Å². The molecular formula is C28H35N5OS. The largest absolute Gasteiger partial charge is 0.399 e. The lowest BCUT2D eigenvalue weighted by molar-refractivity contribution is 0.195. The van der Waals surface area contributed by atoms with Crippen LogP contribution < -0.4 is 4.90 Å². The van der Waals surface area contributed by atoms with Crippen molar-refractivity contribution in [1.29, 1.82) is 0 Å². The van der Waals surface area contributed by atoms with E-state index in [0.717, 1.165) is 34.4 Å². The highest BCUT2D eigenvalue weighted by Gasteiger charge is 2.35. The summed E-state index contributed by atoms with van der Waals surface area (Å²) in [6.07, 6.45) is 0.846. The number of para-hydroxylation sites is 2. The Bertz CT molecular complexity index is 1260. The summed E-state index contributed by atoms with van der Waals surface area (Å²) in [5.74, 6) is 0. The number of nitrogens with one attached hydrogen (secondary N) is 2. The van der Waals surface area contributed by atoms with Crippen molar-refractivity contribution in [2.45, 2.75) is 18.9 Å². The van der Waals surface area contributed by atoms with Gasteiger partial charge in [0.05, 0.1) is 16.6 Å². The highest BCUT2D eigenvalue weighted by Crippen LogP contribution is 2.26. The normalized spacial score (nSPS) is 13.2. The number of hydrogen-bond acceptors (Lipinski definition) is 5. The summed E-state index contributed by atoms with van der Waals surface area (Å²) in [6.45, 7) is 2.21. The molecule has 0 saturated heterocycles. The van der Waals surface area contributed by atoms with Gasteiger partial charge >= 0.3 is 0 Å². The summed E-state index contributed by atoms with van der Waals surface area (Å²) in [5, 5.41) is 4.42.